The quantitative estimate of drug-likeness (QED) is 0.271. The Kier molecular flexibility index (Phi) is 13.5. The Labute approximate surface area is 44.8 Å². The Hall–Kier alpha value is -0.286. The van der Waals surface area contributed by atoms with Crippen LogP contribution in [0, 0.1) is 10.1 Å². The Morgan fingerprint density at radius 1 is 1.67 bits per heavy atom. The second-order valence-corrected chi connectivity index (χ2v) is 0.238. The minimum atomic E-state index is -1.50. The molecule has 0 bridgehead atoms. The summed E-state index contributed by atoms with van der Waals surface area (Å²) in [6.45, 7) is 0. The monoisotopic (exact) mass is 127 g/mol. The molecule has 0 atom stereocenters. The molecule has 0 rings (SSSR count). The molecule has 0 aromatic heterocycles. The molecule has 0 saturated heterocycles. The fourth-order valence-electron chi connectivity index (χ4n) is 0. The van der Waals surface area contributed by atoms with Gasteiger partial charge in [-0.15, -0.1) is 10.1 Å². The molecule has 0 aliphatic rings. The molecule has 0 unspecified atom stereocenters. The number of hydrogen-bond acceptors (Lipinski definition) is 3. The Morgan fingerprint density at radius 2 is 1.67 bits per heavy atom. The van der Waals surface area contributed by atoms with E-state index in [1.807, 2.05) is 0 Å². The molecule has 6 heteroatoms. The van der Waals surface area contributed by atoms with Gasteiger partial charge in [0.05, 0.1) is 0 Å². The van der Waals surface area contributed by atoms with Gasteiger partial charge in [-0.25, -0.2) is 0 Å². The predicted octanol–water partition coefficient (Wildman–Crippen LogP) is -0.469. The van der Waals surface area contributed by atoms with Crippen LogP contribution in [0.3, 0.4) is 0 Å². The summed E-state index contributed by atoms with van der Waals surface area (Å²) in [5.74, 6) is 0. The second-order valence-electron chi connectivity index (χ2n) is 0.238. The van der Waals surface area contributed by atoms with Crippen LogP contribution in [0.5, 0.6) is 0 Å². The van der Waals surface area contributed by atoms with Crippen molar-refractivity contribution >= 4 is 0 Å². The van der Waals surface area contributed by atoms with Crippen LogP contribution >= 0.6 is 0 Å². The summed E-state index contributed by atoms with van der Waals surface area (Å²) in [5.41, 5.74) is 0. The van der Waals surface area contributed by atoms with Crippen LogP contribution in [-0.2, 0) is 23.7 Å². The van der Waals surface area contributed by atoms with E-state index in [-0.39, 0.29) is 0 Å². The van der Waals surface area contributed by atoms with Gasteiger partial charge in [0.15, 0.2) is 0 Å². The molecule has 0 heterocycles. The standard InChI is InChI=1S/HNO3.O.Ti/c2-1(3)4;;/h(H,2,3,4);;. The molecule has 0 amide bonds. The van der Waals surface area contributed by atoms with Crippen molar-refractivity contribution < 1.29 is 34.0 Å². The summed E-state index contributed by atoms with van der Waals surface area (Å²) >= 11 is 0.750. The fourth-order valence-corrected chi connectivity index (χ4v) is 0. The van der Waals surface area contributed by atoms with E-state index in [2.05, 4.69) is 0 Å². The van der Waals surface area contributed by atoms with Gasteiger partial charge in [-0.05, 0) is 0 Å². The summed E-state index contributed by atoms with van der Waals surface area (Å²) in [7, 11) is 0. The van der Waals surface area contributed by atoms with Crippen LogP contribution in [0.1, 0.15) is 0 Å². The molecule has 0 aromatic carbocycles. The van der Waals surface area contributed by atoms with Crippen LogP contribution in [0.15, 0.2) is 0 Å². The zero-order valence-electron chi connectivity index (χ0n) is 2.62. The third kappa shape index (κ3) is 335. The summed E-state index contributed by atoms with van der Waals surface area (Å²) in [6.07, 6.45) is 0. The van der Waals surface area contributed by atoms with Crippen LogP contribution in [0.4, 0.5) is 0 Å². The van der Waals surface area contributed by atoms with Crippen molar-refractivity contribution in [3.8, 4) is 0 Å². The maximum atomic E-state index is 8.36. The van der Waals surface area contributed by atoms with Gasteiger partial charge in [0.1, 0.15) is 0 Å². The molecule has 0 aromatic rings. The van der Waals surface area contributed by atoms with Crippen molar-refractivity contribution in [1.82, 2.24) is 0 Å². The van der Waals surface area contributed by atoms with E-state index in [9.17, 15) is 0 Å². The topological polar surface area (TPSA) is 80.4 Å². The summed E-state index contributed by atoms with van der Waals surface area (Å²) in [5, 5.41) is 13.6. The third-order valence-electron chi connectivity index (χ3n) is 0. The van der Waals surface area contributed by atoms with Crippen molar-refractivity contribution in [2.45, 2.75) is 0 Å². The normalized spacial score (nSPS) is 4.50. The SMILES string of the molecule is O=[N+]([O-])O.[O]=[Ti]. The minimum absolute atomic E-state index is 0.750. The molecule has 0 spiro atoms. The molecule has 0 aliphatic heterocycles. The first-order valence-electron chi connectivity index (χ1n) is 0.769. The van der Waals surface area contributed by atoms with E-state index in [1.54, 1.807) is 0 Å². The molecule has 5 nitrogen and oxygen atoms in total. The van der Waals surface area contributed by atoms with Gasteiger partial charge in [-0.2, -0.15) is 0 Å². The summed E-state index contributed by atoms with van der Waals surface area (Å²) < 4.78 is 8.25. The van der Waals surface area contributed by atoms with Crippen LogP contribution < -0.4 is 0 Å². The average molecular weight is 127 g/mol. The van der Waals surface area contributed by atoms with Gasteiger partial charge < -0.3 is 5.21 Å². The van der Waals surface area contributed by atoms with Gasteiger partial charge in [0, 0.05) is 0 Å². The first kappa shape index (κ1) is 9.21. The zero-order valence-corrected chi connectivity index (χ0v) is 4.18. The van der Waals surface area contributed by atoms with Gasteiger partial charge in [-0.1, -0.05) is 0 Å². The van der Waals surface area contributed by atoms with Gasteiger partial charge in [-0.3, -0.25) is 0 Å². The predicted molar refractivity (Wildman–Crippen MR) is 9.47 cm³/mol. The molecule has 0 saturated carbocycles. The zero-order chi connectivity index (χ0) is 5.58. The molecule has 1 N–H and O–H groups in total. The van der Waals surface area contributed by atoms with Crippen LogP contribution in [-0.4, -0.2) is 10.3 Å². The molecule has 0 fully saturated rings. The molecular formula is HNO4Ti. The molecule has 0 radical (unpaired) electrons. The van der Waals surface area contributed by atoms with Crippen molar-refractivity contribution in [3.63, 3.8) is 0 Å². The Balaban J connectivity index is 0. The Morgan fingerprint density at radius 3 is 1.67 bits per heavy atom. The van der Waals surface area contributed by atoms with E-state index in [0.717, 1.165) is 20.4 Å². The van der Waals surface area contributed by atoms with Gasteiger partial charge >= 0.3 is 23.7 Å². The Bertz CT molecular complexity index is 38.8. The first-order valence-corrected chi connectivity index (χ1v) is 1.41. The summed E-state index contributed by atoms with van der Waals surface area (Å²) in [4.78, 5) is 8.36. The first-order chi connectivity index (χ1) is 2.73. The average Bonchev–Trinajstić information content (AvgIpc) is 1.41. The van der Waals surface area contributed by atoms with Gasteiger partial charge in [0.2, 0.25) is 0 Å². The van der Waals surface area contributed by atoms with Crippen molar-refractivity contribution in [3.05, 3.63) is 10.1 Å². The molecule has 0 aliphatic carbocycles. The number of hydrogen-bond donors (Lipinski definition) is 1. The van der Waals surface area contributed by atoms with Crippen molar-refractivity contribution in [2.24, 2.45) is 0 Å². The summed E-state index contributed by atoms with van der Waals surface area (Å²) in [6, 6.07) is 0. The number of rotatable bonds is 0. The van der Waals surface area contributed by atoms with Crippen molar-refractivity contribution in [2.75, 3.05) is 0 Å². The molecular weight excluding hydrogens is 126 g/mol. The van der Waals surface area contributed by atoms with E-state index < -0.39 is 5.09 Å². The fraction of sp³-hybridized carbons (Fsp3) is 0. The van der Waals surface area contributed by atoms with E-state index in [0.29, 0.717) is 0 Å². The third-order valence-corrected chi connectivity index (χ3v) is 0. The van der Waals surface area contributed by atoms with E-state index >= 15 is 0 Å². The van der Waals surface area contributed by atoms with Crippen LogP contribution in [0.2, 0.25) is 0 Å². The van der Waals surface area contributed by atoms with Gasteiger partial charge in [0.25, 0.3) is 5.09 Å². The van der Waals surface area contributed by atoms with E-state index in [1.165, 1.54) is 0 Å². The molecule has 34 valence electrons. The number of nitrogens with zero attached hydrogens (tertiary/aromatic N) is 1. The maximum absolute atomic E-state index is 8.36. The van der Waals surface area contributed by atoms with Crippen LogP contribution in [0.25, 0.3) is 0 Å². The van der Waals surface area contributed by atoms with Crippen molar-refractivity contribution in [1.29, 1.82) is 0 Å². The second kappa shape index (κ2) is 8.83. The van der Waals surface area contributed by atoms with E-state index in [4.69, 9.17) is 18.6 Å². The molecule has 6 heavy (non-hydrogen) atoms.